The third-order valence-corrected chi connectivity index (χ3v) is 14.0. The van der Waals surface area contributed by atoms with Crippen molar-refractivity contribution < 1.29 is 64.0 Å². The second kappa shape index (κ2) is 21.5. The molecule has 2 fully saturated rings. The smallest absolute Gasteiger partial charge is 0.337 e. The second-order valence-electron chi connectivity index (χ2n) is 13.1. The quantitative estimate of drug-likeness (QED) is 0.150. The summed E-state index contributed by atoms with van der Waals surface area (Å²) in [6, 6.07) is 1.06. The summed E-state index contributed by atoms with van der Waals surface area (Å²) in [6.45, 7) is 13.2. The van der Waals surface area contributed by atoms with E-state index in [0.717, 1.165) is 33.7 Å². The van der Waals surface area contributed by atoms with E-state index in [1.54, 1.807) is 60.1 Å². The van der Waals surface area contributed by atoms with E-state index in [1.807, 2.05) is 9.97 Å². The van der Waals surface area contributed by atoms with Gasteiger partial charge in [-0.3, -0.25) is 37.8 Å². The summed E-state index contributed by atoms with van der Waals surface area (Å²) in [5.74, 6) is 0. The van der Waals surface area contributed by atoms with E-state index in [0.29, 0.717) is 0 Å². The van der Waals surface area contributed by atoms with E-state index < -0.39 is 121 Å². The Bertz CT molecular complexity index is 1810. The highest BCUT2D eigenvalue weighted by atomic mass is 31.2. The van der Waals surface area contributed by atoms with Crippen LogP contribution in [0.2, 0.25) is 0 Å². The Hall–Kier alpha value is -2.33. The number of nitrogens with one attached hydrogen (secondary N) is 2. The van der Waals surface area contributed by atoms with Gasteiger partial charge >= 0.3 is 26.6 Å². The zero-order chi connectivity index (χ0) is 42.9. The van der Waals surface area contributed by atoms with Crippen molar-refractivity contribution in [3.05, 3.63) is 66.2 Å². The molecular weight excluding hydrogens is 841 g/mol. The Balaban J connectivity index is 1.78. The average molecular weight is 894 g/mol. The van der Waals surface area contributed by atoms with Crippen molar-refractivity contribution >= 4 is 23.7 Å². The lowest BCUT2D eigenvalue weighted by Crippen LogP contribution is -2.42. The molecule has 2 saturated heterocycles. The molecule has 4 heterocycles. The molecule has 58 heavy (non-hydrogen) atoms. The van der Waals surface area contributed by atoms with E-state index >= 15 is 8.78 Å². The van der Waals surface area contributed by atoms with Crippen LogP contribution in [0, 0.1) is 0 Å². The third kappa shape index (κ3) is 11.9. The maximum Gasteiger partial charge on any atom is 0.356 e. The van der Waals surface area contributed by atoms with Gasteiger partial charge in [-0.15, -0.1) is 0 Å². The van der Waals surface area contributed by atoms with Gasteiger partial charge in [0.15, 0.2) is 62.3 Å². The molecule has 2 aromatic rings. The summed E-state index contributed by atoms with van der Waals surface area (Å²) >= 11 is 0. The number of hydrogen-bond acceptors (Lipinski definition) is 17. The molecule has 330 valence electrons. The topological polar surface area (TPSA) is 239 Å². The highest BCUT2D eigenvalue weighted by molar-refractivity contribution is 7.53. The van der Waals surface area contributed by atoms with Crippen molar-refractivity contribution in [1.29, 1.82) is 0 Å². The number of rotatable bonds is 23. The van der Waals surface area contributed by atoms with Crippen LogP contribution in [0.3, 0.4) is 0 Å². The predicted octanol–water partition coefficient (Wildman–Crippen LogP) is 4.07. The lowest BCUT2D eigenvalue weighted by atomic mass is 10.2. The summed E-state index contributed by atoms with van der Waals surface area (Å²) in [7, 11) is -10.5. The molecule has 0 saturated carbocycles. The number of nitrogens with zero attached hydrogens (tertiary/aromatic N) is 3. The summed E-state index contributed by atoms with van der Waals surface area (Å²) in [5.41, 5.74) is -3.57. The van der Waals surface area contributed by atoms with Crippen LogP contribution in [-0.2, 0) is 55.2 Å². The van der Waals surface area contributed by atoms with Gasteiger partial charge in [0.1, 0.15) is 0 Å². The fraction of sp³-hybridized carbons (Fsp3) is 0.750. The highest BCUT2D eigenvalue weighted by Gasteiger charge is 2.55. The van der Waals surface area contributed by atoms with Gasteiger partial charge in [-0.2, -0.15) is 0 Å². The minimum atomic E-state index is -3.93. The molecule has 0 amide bonds. The fourth-order valence-corrected chi connectivity index (χ4v) is 10.6. The lowest BCUT2D eigenvalue weighted by Gasteiger charge is -2.39. The maximum atomic E-state index is 16.8. The van der Waals surface area contributed by atoms with Gasteiger partial charge in [0, 0.05) is 36.6 Å². The van der Waals surface area contributed by atoms with Crippen LogP contribution >= 0.6 is 23.7 Å². The molecule has 0 bridgehead atoms. The molecule has 26 heteroatoms. The number of ether oxygens (including phenoxy) is 4. The number of hydrogen-bond donors (Lipinski definition) is 2. The summed E-state index contributed by atoms with van der Waals surface area (Å²) < 4.78 is 121. The second-order valence-corrected chi connectivity index (χ2v) is 18.5. The molecule has 0 aromatic carbocycles. The first-order valence-corrected chi connectivity index (χ1v) is 23.1. The predicted molar refractivity (Wildman–Crippen MR) is 203 cm³/mol. The van der Waals surface area contributed by atoms with Gasteiger partial charge < -0.3 is 46.1 Å². The Kier molecular flexibility index (Phi) is 17.9. The first-order valence-electron chi connectivity index (χ1n) is 18.5. The lowest BCUT2D eigenvalue weighted by molar-refractivity contribution is -0.173. The van der Waals surface area contributed by atoms with Crippen LogP contribution in [0.25, 0.3) is 0 Å². The van der Waals surface area contributed by atoms with Crippen molar-refractivity contribution in [2.45, 2.75) is 117 Å². The highest BCUT2D eigenvalue weighted by Crippen LogP contribution is 2.55. The molecule has 2 N–H and O–H groups in total. The van der Waals surface area contributed by atoms with Crippen molar-refractivity contribution in [2.75, 3.05) is 39.1 Å². The molecule has 2 aliphatic heterocycles. The van der Waals surface area contributed by atoms with Crippen molar-refractivity contribution in [3.8, 4) is 0 Å². The molecule has 0 unspecified atom stereocenters. The molecular formula is C32H52F2N5O16P3. The normalized spacial score (nSPS) is 25.6. The van der Waals surface area contributed by atoms with Crippen LogP contribution in [0.4, 0.5) is 8.78 Å². The average Bonchev–Trinajstić information content (AvgIpc) is 3.61. The van der Waals surface area contributed by atoms with Crippen molar-refractivity contribution in [2.24, 2.45) is 0 Å². The van der Waals surface area contributed by atoms with E-state index in [2.05, 4.69) is 0 Å². The summed E-state index contributed by atoms with van der Waals surface area (Å²) in [6.07, 6.45) is -14.6. The van der Waals surface area contributed by atoms with E-state index in [4.69, 9.17) is 46.1 Å². The largest absolute Gasteiger partial charge is 0.356 e. The Morgan fingerprint density at radius 2 is 1.03 bits per heavy atom. The standard InChI is InChI=1S/C32H52F2N5O16P3/c1-9-48-57(44,49-10-2)17-46-29-25(23(33)27(52-29)37-15-13-21(40)35-31(37)42)54-56(39(19(5)6)20(7)8)55-26-24(34)28(38-16-14-22(41)36-32(38)43)53-30(26)47-18-58(45,50-11-3)51-12-4/h13-16,19-20,23-30H,9-12,17-18H2,1-8H3,(H,35,40,42)(H,36,41,43)/t23-,24-,25+,26+,27-,28-,29+,30+/m1/s1. The monoisotopic (exact) mass is 893 g/mol. The Morgan fingerprint density at radius 1 is 0.690 bits per heavy atom. The zero-order valence-electron chi connectivity index (χ0n) is 33.3. The van der Waals surface area contributed by atoms with Crippen LogP contribution in [0.5, 0.6) is 0 Å². The van der Waals surface area contributed by atoms with Gasteiger partial charge in [0.2, 0.25) is 0 Å². The summed E-state index contributed by atoms with van der Waals surface area (Å²) in [5, 5.41) is 0. The van der Waals surface area contributed by atoms with E-state index in [1.165, 1.54) is 0 Å². The van der Waals surface area contributed by atoms with Crippen molar-refractivity contribution in [3.63, 3.8) is 0 Å². The summed E-state index contributed by atoms with van der Waals surface area (Å²) in [4.78, 5) is 53.3. The van der Waals surface area contributed by atoms with Crippen LogP contribution in [0.15, 0.2) is 43.7 Å². The minimum absolute atomic E-state index is 0.0298. The zero-order valence-corrected chi connectivity index (χ0v) is 36.0. The van der Waals surface area contributed by atoms with Gasteiger partial charge in [-0.1, -0.05) is 0 Å². The van der Waals surface area contributed by atoms with Gasteiger partial charge in [0.25, 0.3) is 19.6 Å². The molecule has 0 spiro atoms. The number of halogens is 2. The first kappa shape index (κ1) is 48.3. The first-order chi connectivity index (χ1) is 27.4. The number of aromatic amines is 2. The van der Waals surface area contributed by atoms with E-state index in [-0.39, 0.29) is 26.4 Å². The maximum absolute atomic E-state index is 16.8. The number of H-pyrrole nitrogens is 2. The third-order valence-electron chi connectivity index (χ3n) is 8.27. The van der Waals surface area contributed by atoms with Crippen LogP contribution in [0.1, 0.15) is 67.8 Å². The van der Waals surface area contributed by atoms with Gasteiger partial charge in [-0.05, 0) is 55.4 Å². The Labute approximate surface area is 333 Å². The number of aromatic nitrogens is 4. The molecule has 0 aliphatic carbocycles. The SMILES string of the molecule is CCOP(=O)(CO[C@H]1O[C@@H](n2ccc(=O)[nH]c2=O)[C@H](F)[C@@H]1OP(O[C@@H]1[C@@H](OCP(=O)(OCC)OCC)O[C@@H](n2ccc(=O)[nH]c2=O)[C@@H]1F)N(C(C)C)C(C)C)OCC. The molecule has 2 aliphatic rings. The number of alkyl halides is 2. The molecule has 2 aromatic heterocycles. The van der Waals surface area contributed by atoms with Crippen LogP contribution < -0.4 is 22.5 Å². The Morgan fingerprint density at radius 3 is 1.33 bits per heavy atom. The van der Waals surface area contributed by atoms with Crippen molar-refractivity contribution in [1.82, 2.24) is 23.8 Å². The van der Waals surface area contributed by atoms with E-state index in [9.17, 15) is 28.3 Å². The van der Waals surface area contributed by atoms with Gasteiger partial charge in [0.05, 0.1) is 26.4 Å². The minimum Gasteiger partial charge on any atom is -0.337 e. The van der Waals surface area contributed by atoms with Crippen LogP contribution in [-0.4, -0.2) is 112 Å². The molecule has 21 nitrogen and oxygen atoms in total. The van der Waals surface area contributed by atoms with Gasteiger partial charge in [-0.25, -0.2) is 23.0 Å². The molecule has 0 radical (unpaired) electrons. The molecule has 8 atom stereocenters. The fourth-order valence-electron chi connectivity index (χ4n) is 6.04. The molecule has 4 rings (SSSR count).